The first-order valence-electron chi connectivity index (χ1n) is 8.89. The van der Waals surface area contributed by atoms with Crippen LogP contribution in [0.3, 0.4) is 0 Å². The molecule has 25 heavy (non-hydrogen) atoms. The first kappa shape index (κ1) is 15.9. The largest absolute Gasteiger partial charge is 0.361 e. The van der Waals surface area contributed by atoms with Crippen molar-refractivity contribution < 1.29 is 4.79 Å². The Bertz CT molecular complexity index is 881. The van der Waals surface area contributed by atoms with E-state index in [1.807, 2.05) is 36.5 Å². The van der Waals surface area contributed by atoms with E-state index in [1.54, 1.807) is 4.68 Å². The number of hydrogen-bond acceptors (Lipinski definition) is 3. The molecule has 1 aromatic carbocycles. The smallest absolute Gasteiger partial charge is 0.222 e. The molecule has 1 aliphatic rings. The lowest BCUT2D eigenvalue weighted by atomic mass is 9.95. The van der Waals surface area contributed by atoms with Gasteiger partial charge in [-0.1, -0.05) is 23.4 Å². The van der Waals surface area contributed by atoms with Crippen LogP contribution in [0.2, 0.25) is 0 Å². The minimum atomic E-state index is 0.235. The van der Waals surface area contributed by atoms with Crippen molar-refractivity contribution in [3.63, 3.8) is 0 Å². The molecule has 1 saturated heterocycles. The molecule has 1 N–H and O–H groups in total. The van der Waals surface area contributed by atoms with Crippen molar-refractivity contribution in [3.05, 3.63) is 47.9 Å². The van der Waals surface area contributed by atoms with Crippen LogP contribution in [-0.4, -0.2) is 43.9 Å². The number of aromatic nitrogens is 4. The predicted octanol–water partition coefficient (Wildman–Crippen LogP) is 2.64. The van der Waals surface area contributed by atoms with Gasteiger partial charge in [0.25, 0.3) is 0 Å². The van der Waals surface area contributed by atoms with Crippen molar-refractivity contribution in [2.45, 2.75) is 31.6 Å². The van der Waals surface area contributed by atoms with Gasteiger partial charge in [0, 0.05) is 55.8 Å². The summed E-state index contributed by atoms with van der Waals surface area (Å²) in [6.07, 6.45) is 7.41. The zero-order chi connectivity index (χ0) is 17.2. The Labute approximate surface area is 146 Å². The van der Waals surface area contributed by atoms with Gasteiger partial charge < -0.3 is 9.88 Å². The minimum absolute atomic E-state index is 0.235. The van der Waals surface area contributed by atoms with Crippen molar-refractivity contribution in [1.82, 2.24) is 24.9 Å². The Balaban J connectivity index is 1.39. The second kappa shape index (κ2) is 6.70. The fraction of sp³-hybridized carbons (Fsp3) is 0.421. The summed E-state index contributed by atoms with van der Waals surface area (Å²) in [7, 11) is 1.88. The van der Waals surface area contributed by atoms with Crippen LogP contribution in [0.25, 0.3) is 10.9 Å². The van der Waals surface area contributed by atoms with Gasteiger partial charge in [-0.05, 0) is 30.9 Å². The van der Waals surface area contributed by atoms with Crippen LogP contribution in [0.1, 0.15) is 36.4 Å². The molecule has 1 aliphatic heterocycles. The number of amides is 1. The van der Waals surface area contributed by atoms with Crippen molar-refractivity contribution in [2.75, 3.05) is 13.1 Å². The summed E-state index contributed by atoms with van der Waals surface area (Å²) in [5, 5.41) is 9.46. The van der Waals surface area contributed by atoms with Crippen LogP contribution in [0.5, 0.6) is 0 Å². The molecule has 1 atom stereocenters. The summed E-state index contributed by atoms with van der Waals surface area (Å²) in [5.74, 6) is 0.540. The topological polar surface area (TPSA) is 66.8 Å². The van der Waals surface area contributed by atoms with Crippen LogP contribution >= 0.6 is 0 Å². The summed E-state index contributed by atoms with van der Waals surface area (Å²) in [5.41, 5.74) is 3.34. The summed E-state index contributed by atoms with van der Waals surface area (Å²) in [6, 6.07) is 8.24. The van der Waals surface area contributed by atoms with Gasteiger partial charge in [0.15, 0.2) is 0 Å². The Morgan fingerprint density at radius 1 is 1.36 bits per heavy atom. The monoisotopic (exact) mass is 337 g/mol. The molecular weight excluding hydrogens is 314 g/mol. The molecule has 0 bridgehead atoms. The summed E-state index contributed by atoms with van der Waals surface area (Å²) < 4.78 is 1.73. The number of para-hydroxylation sites is 1. The van der Waals surface area contributed by atoms with Crippen LogP contribution in [0.15, 0.2) is 36.7 Å². The van der Waals surface area contributed by atoms with Crippen molar-refractivity contribution >= 4 is 16.8 Å². The highest BCUT2D eigenvalue weighted by molar-refractivity contribution is 5.84. The Hall–Kier alpha value is -2.63. The third kappa shape index (κ3) is 3.29. The maximum absolute atomic E-state index is 12.7. The molecule has 2 aromatic heterocycles. The molecule has 4 rings (SSSR count). The van der Waals surface area contributed by atoms with Gasteiger partial charge in [0.2, 0.25) is 5.91 Å². The lowest BCUT2D eigenvalue weighted by Gasteiger charge is -2.32. The van der Waals surface area contributed by atoms with Crippen LogP contribution in [-0.2, 0) is 18.3 Å². The Morgan fingerprint density at radius 3 is 3.08 bits per heavy atom. The Morgan fingerprint density at radius 2 is 2.24 bits per heavy atom. The number of piperidine rings is 1. The van der Waals surface area contributed by atoms with Gasteiger partial charge in [-0.25, -0.2) is 0 Å². The molecule has 0 aliphatic carbocycles. The maximum atomic E-state index is 12.7. The number of benzene rings is 1. The predicted molar refractivity (Wildman–Crippen MR) is 96.2 cm³/mol. The number of H-pyrrole nitrogens is 1. The van der Waals surface area contributed by atoms with E-state index >= 15 is 0 Å². The third-order valence-corrected chi connectivity index (χ3v) is 5.10. The molecule has 1 fully saturated rings. The number of carbonyl (C=O) groups is 1. The standard InChI is InChI=1S/C19H23N5O/c1-23-13-18(21-22-23)15-5-4-10-24(12-15)19(25)9-8-14-11-20-17-7-3-2-6-16(14)17/h2-3,6-7,11,13,15,20H,4-5,8-10,12H2,1H3. The quantitative estimate of drug-likeness (QED) is 0.796. The van der Waals surface area contributed by atoms with E-state index in [0.717, 1.165) is 43.6 Å². The van der Waals surface area contributed by atoms with E-state index in [9.17, 15) is 4.79 Å². The highest BCUT2D eigenvalue weighted by Gasteiger charge is 2.26. The molecule has 3 aromatic rings. The van der Waals surface area contributed by atoms with E-state index in [-0.39, 0.29) is 5.91 Å². The normalized spacial score (nSPS) is 18.0. The zero-order valence-corrected chi connectivity index (χ0v) is 14.5. The molecule has 6 nitrogen and oxygen atoms in total. The Kier molecular flexibility index (Phi) is 4.26. The number of likely N-dealkylation sites (tertiary alicyclic amines) is 1. The fourth-order valence-electron chi connectivity index (χ4n) is 3.74. The van der Waals surface area contributed by atoms with Gasteiger partial charge in [0.1, 0.15) is 0 Å². The molecular formula is C19H23N5O. The lowest BCUT2D eigenvalue weighted by molar-refractivity contribution is -0.132. The number of hydrogen-bond donors (Lipinski definition) is 1. The van der Waals surface area contributed by atoms with Crippen molar-refractivity contribution in [3.8, 4) is 0 Å². The number of nitrogens with zero attached hydrogens (tertiary/aromatic N) is 4. The van der Waals surface area contributed by atoms with Gasteiger partial charge in [-0.15, -0.1) is 5.10 Å². The number of fused-ring (bicyclic) bond motifs is 1. The zero-order valence-electron chi connectivity index (χ0n) is 14.5. The average molecular weight is 337 g/mol. The molecule has 3 heterocycles. The average Bonchev–Trinajstić information content (AvgIpc) is 3.26. The first-order chi connectivity index (χ1) is 12.2. The molecule has 0 saturated carbocycles. The van der Waals surface area contributed by atoms with E-state index in [4.69, 9.17) is 0 Å². The van der Waals surface area contributed by atoms with Gasteiger partial charge in [-0.2, -0.15) is 0 Å². The highest BCUT2D eigenvalue weighted by Crippen LogP contribution is 2.26. The SMILES string of the molecule is Cn1cc(C2CCCN(C(=O)CCc3c[nH]c4ccccc34)C2)nn1. The van der Waals surface area contributed by atoms with E-state index in [0.29, 0.717) is 12.3 Å². The molecule has 1 amide bonds. The lowest BCUT2D eigenvalue weighted by Crippen LogP contribution is -2.39. The first-order valence-corrected chi connectivity index (χ1v) is 8.89. The third-order valence-electron chi connectivity index (χ3n) is 5.10. The molecule has 1 unspecified atom stereocenters. The summed E-state index contributed by atoms with van der Waals surface area (Å²) in [6.45, 7) is 1.61. The van der Waals surface area contributed by atoms with Gasteiger partial charge in [-0.3, -0.25) is 9.48 Å². The minimum Gasteiger partial charge on any atom is -0.361 e. The van der Waals surface area contributed by atoms with Crippen molar-refractivity contribution in [1.29, 1.82) is 0 Å². The number of nitrogens with one attached hydrogen (secondary N) is 1. The number of aromatic amines is 1. The van der Waals surface area contributed by atoms with E-state index < -0.39 is 0 Å². The van der Waals surface area contributed by atoms with Crippen LogP contribution < -0.4 is 0 Å². The molecule has 0 spiro atoms. The fourth-order valence-corrected chi connectivity index (χ4v) is 3.74. The molecule has 0 radical (unpaired) electrons. The van der Waals surface area contributed by atoms with Gasteiger partial charge in [0.05, 0.1) is 5.69 Å². The van der Waals surface area contributed by atoms with E-state index in [1.165, 1.54) is 10.9 Å². The molecule has 130 valence electrons. The highest BCUT2D eigenvalue weighted by atomic mass is 16.2. The second-order valence-corrected chi connectivity index (χ2v) is 6.86. The van der Waals surface area contributed by atoms with Crippen LogP contribution in [0.4, 0.5) is 0 Å². The summed E-state index contributed by atoms with van der Waals surface area (Å²) >= 11 is 0. The molecule has 6 heteroatoms. The number of aryl methyl sites for hydroxylation is 2. The van der Waals surface area contributed by atoms with Gasteiger partial charge >= 0.3 is 0 Å². The number of rotatable bonds is 4. The number of carbonyl (C=O) groups excluding carboxylic acids is 1. The van der Waals surface area contributed by atoms with E-state index in [2.05, 4.69) is 27.4 Å². The summed E-state index contributed by atoms with van der Waals surface area (Å²) in [4.78, 5) is 18.0. The second-order valence-electron chi connectivity index (χ2n) is 6.86. The van der Waals surface area contributed by atoms with Crippen molar-refractivity contribution in [2.24, 2.45) is 7.05 Å². The van der Waals surface area contributed by atoms with Crippen LogP contribution in [0, 0.1) is 0 Å². The maximum Gasteiger partial charge on any atom is 0.222 e.